The van der Waals surface area contributed by atoms with Crippen molar-refractivity contribution in [3.8, 4) is 11.5 Å². The first-order chi connectivity index (χ1) is 16.2. The maximum Gasteiger partial charge on any atom is 0.266 e. The van der Waals surface area contributed by atoms with E-state index in [2.05, 4.69) is 26.2 Å². The zero-order valence-corrected chi connectivity index (χ0v) is 22.2. The number of para-hydroxylation sites is 1. The molecule has 0 aliphatic carbocycles. The Morgan fingerprint density at radius 1 is 1.21 bits per heavy atom. The lowest BCUT2D eigenvalue weighted by Gasteiger charge is -2.20. The Labute approximate surface area is 212 Å². The van der Waals surface area contributed by atoms with E-state index in [1.165, 1.54) is 18.9 Å². The van der Waals surface area contributed by atoms with Crippen molar-refractivity contribution >= 4 is 56.4 Å². The van der Waals surface area contributed by atoms with Gasteiger partial charge in [-0.1, -0.05) is 18.2 Å². The lowest BCUT2D eigenvalue weighted by atomic mass is 10.1. The summed E-state index contributed by atoms with van der Waals surface area (Å²) in [7, 11) is 1.53. The number of amides is 2. The average molecular weight is 546 g/mol. The zero-order chi connectivity index (χ0) is 24.8. The van der Waals surface area contributed by atoms with Gasteiger partial charge < -0.3 is 14.8 Å². The third-order valence-corrected chi connectivity index (χ3v) is 6.26. The molecule has 180 valence electrons. The van der Waals surface area contributed by atoms with Crippen LogP contribution in [0.5, 0.6) is 11.5 Å². The van der Waals surface area contributed by atoms with E-state index in [-0.39, 0.29) is 30.5 Å². The Balaban J connectivity index is 1.79. The number of methoxy groups -OCH3 is 1. The summed E-state index contributed by atoms with van der Waals surface area (Å²) in [5.74, 6) is 0.488. The topological polar surface area (TPSA) is 80.2 Å². The molecule has 1 heterocycles. The van der Waals surface area contributed by atoms with Crippen molar-refractivity contribution in [2.24, 2.45) is 4.99 Å². The molecule has 1 N–H and O–H groups in total. The van der Waals surface area contributed by atoms with Crippen LogP contribution in [0, 0.1) is 0 Å². The molecule has 0 atom stereocenters. The molecule has 3 rings (SSSR count). The van der Waals surface area contributed by atoms with E-state index in [0.717, 1.165) is 5.56 Å². The molecule has 0 spiro atoms. The minimum Gasteiger partial charge on any atom is -0.493 e. The van der Waals surface area contributed by atoms with Gasteiger partial charge in [0.1, 0.15) is 0 Å². The van der Waals surface area contributed by atoms with Gasteiger partial charge in [-0.15, -0.1) is 0 Å². The van der Waals surface area contributed by atoms with Gasteiger partial charge >= 0.3 is 0 Å². The standard InChI is InChI=1S/C25H28BrN3O4S/c1-15(2)27-25-29(16(3)4)24(31)21(34-25)13-17-11-19(26)23(20(12-17)32-5)33-14-22(30)28-18-9-7-6-8-10-18/h6-13,15-16H,14H2,1-5H3,(H,28,30)/b21-13+,27-25?. The fraction of sp³-hybridized carbons (Fsp3) is 0.320. The van der Waals surface area contributed by atoms with Crippen molar-refractivity contribution in [1.29, 1.82) is 0 Å². The number of carbonyl (C=O) groups excluding carboxylic acids is 2. The molecular weight excluding hydrogens is 518 g/mol. The molecular formula is C25H28BrN3O4S. The van der Waals surface area contributed by atoms with Gasteiger partial charge in [-0.05, 0) is 91.3 Å². The van der Waals surface area contributed by atoms with E-state index in [1.807, 2.05) is 58.0 Å². The summed E-state index contributed by atoms with van der Waals surface area (Å²) < 4.78 is 11.9. The van der Waals surface area contributed by atoms with Gasteiger partial charge in [-0.2, -0.15) is 0 Å². The first-order valence-corrected chi connectivity index (χ1v) is 12.5. The van der Waals surface area contributed by atoms with E-state index in [4.69, 9.17) is 9.47 Å². The molecule has 1 fully saturated rings. The number of carbonyl (C=O) groups is 2. The predicted molar refractivity (Wildman–Crippen MR) is 141 cm³/mol. The second kappa shape index (κ2) is 11.6. The van der Waals surface area contributed by atoms with Crippen molar-refractivity contribution in [2.45, 2.75) is 39.8 Å². The number of hydrogen-bond acceptors (Lipinski definition) is 6. The highest BCUT2D eigenvalue weighted by atomic mass is 79.9. The molecule has 1 saturated heterocycles. The number of nitrogens with zero attached hydrogens (tertiary/aromatic N) is 2. The Morgan fingerprint density at radius 2 is 1.91 bits per heavy atom. The van der Waals surface area contributed by atoms with E-state index in [9.17, 15) is 9.59 Å². The number of anilines is 1. The molecule has 34 heavy (non-hydrogen) atoms. The molecule has 7 nitrogen and oxygen atoms in total. The smallest absolute Gasteiger partial charge is 0.266 e. The van der Waals surface area contributed by atoms with Gasteiger partial charge in [0.25, 0.3) is 11.8 Å². The number of amidine groups is 1. The van der Waals surface area contributed by atoms with Crippen molar-refractivity contribution in [3.05, 3.63) is 57.4 Å². The second-order valence-corrected chi connectivity index (χ2v) is 9.99. The Morgan fingerprint density at radius 3 is 2.53 bits per heavy atom. The van der Waals surface area contributed by atoms with Crippen LogP contribution in [0.2, 0.25) is 0 Å². The number of halogens is 1. The van der Waals surface area contributed by atoms with Crippen molar-refractivity contribution in [3.63, 3.8) is 0 Å². The Bertz CT molecular complexity index is 1120. The molecule has 0 aromatic heterocycles. The van der Waals surface area contributed by atoms with Crippen molar-refractivity contribution in [1.82, 2.24) is 4.90 Å². The molecule has 0 bridgehead atoms. The third-order valence-electron chi connectivity index (χ3n) is 4.68. The van der Waals surface area contributed by atoms with E-state index >= 15 is 0 Å². The number of hydrogen-bond donors (Lipinski definition) is 1. The minimum atomic E-state index is -0.287. The van der Waals surface area contributed by atoms with Crippen LogP contribution in [0.25, 0.3) is 6.08 Å². The van der Waals surface area contributed by atoms with Crippen molar-refractivity contribution < 1.29 is 19.1 Å². The summed E-state index contributed by atoms with van der Waals surface area (Å²) >= 11 is 4.87. The van der Waals surface area contributed by atoms with E-state index in [1.54, 1.807) is 23.1 Å². The van der Waals surface area contributed by atoms with Crippen LogP contribution in [0.3, 0.4) is 0 Å². The molecule has 0 radical (unpaired) electrons. The van der Waals surface area contributed by atoms with Crippen LogP contribution < -0.4 is 14.8 Å². The lowest BCUT2D eigenvalue weighted by molar-refractivity contribution is -0.123. The zero-order valence-electron chi connectivity index (χ0n) is 19.8. The van der Waals surface area contributed by atoms with Gasteiger partial charge in [0.2, 0.25) is 0 Å². The predicted octanol–water partition coefficient (Wildman–Crippen LogP) is 5.56. The van der Waals surface area contributed by atoms with Gasteiger partial charge in [-0.25, -0.2) is 0 Å². The molecule has 2 amide bonds. The van der Waals surface area contributed by atoms with Crippen LogP contribution in [0.1, 0.15) is 33.3 Å². The summed E-state index contributed by atoms with van der Waals surface area (Å²) in [6.45, 7) is 7.73. The monoisotopic (exact) mass is 545 g/mol. The summed E-state index contributed by atoms with van der Waals surface area (Å²) in [5, 5.41) is 3.48. The fourth-order valence-electron chi connectivity index (χ4n) is 3.22. The summed E-state index contributed by atoms with van der Waals surface area (Å²) in [4.78, 5) is 32.2. The minimum absolute atomic E-state index is 0.00230. The molecule has 1 aliphatic heterocycles. The average Bonchev–Trinajstić information content (AvgIpc) is 3.07. The number of rotatable bonds is 8. The van der Waals surface area contributed by atoms with Crippen LogP contribution in [-0.4, -0.2) is 47.7 Å². The summed E-state index contributed by atoms with van der Waals surface area (Å²) in [6, 6.07) is 12.8. The van der Waals surface area contributed by atoms with Gasteiger partial charge in [0.05, 0.1) is 16.5 Å². The molecule has 9 heteroatoms. The second-order valence-electron chi connectivity index (χ2n) is 8.12. The largest absolute Gasteiger partial charge is 0.493 e. The number of aliphatic imine (C=N–C) groups is 1. The Kier molecular flexibility index (Phi) is 8.79. The summed E-state index contributed by atoms with van der Waals surface area (Å²) in [5.41, 5.74) is 1.45. The quantitative estimate of drug-likeness (QED) is 0.439. The Hall–Kier alpha value is -2.78. The molecule has 0 unspecified atom stereocenters. The lowest BCUT2D eigenvalue weighted by Crippen LogP contribution is -2.35. The highest BCUT2D eigenvalue weighted by molar-refractivity contribution is 9.10. The maximum absolute atomic E-state index is 13.0. The van der Waals surface area contributed by atoms with E-state index in [0.29, 0.717) is 31.7 Å². The number of ether oxygens (including phenoxy) is 2. The first kappa shape index (κ1) is 25.8. The maximum atomic E-state index is 13.0. The summed E-state index contributed by atoms with van der Waals surface area (Å²) in [6.07, 6.45) is 1.81. The van der Waals surface area contributed by atoms with Crippen molar-refractivity contribution in [2.75, 3.05) is 19.0 Å². The third kappa shape index (κ3) is 6.42. The SMILES string of the molecule is COc1cc(/C=C2/SC(=NC(C)C)N(C(C)C)C2=O)cc(Br)c1OCC(=O)Nc1ccccc1. The fourth-order valence-corrected chi connectivity index (χ4v) is 5.03. The van der Waals surface area contributed by atoms with Gasteiger partial charge in [0.15, 0.2) is 23.3 Å². The van der Waals surface area contributed by atoms with E-state index < -0.39 is 0 Å². The molecule has 2 aromatic rings. The highest BCUT2D eigenvalue weighted by Crippen LogP contribution is 2.39. The van der Waals surface area contributed by atoms with Gasteiger partial charge in [0, 0.05) is 17.8 Å². The first-order valence-electron chi connectivity index (χ1n) is 10.9. The molecule has 1 aliphatic rings. The molecule has 2 aromatic carbocycles. The number of thioether (sulfide) groups is 1. The highest BCUT2D eigenvalue weighted by Gasteiger charge is 2.35. The van der Waals surface area contributed by atoms with Crippen LogP contribution >= 0.6 is 27.7 Å². The van der Waals surface area contributed by atoms with Crippen LogP contribution in [0.4, 0.5) is 5.69 Å². The number of benzene rings is 2. The van der Waals surface area contributed by atoms with Gasteiger partial charge in [-0.3, -0.25) is 19.5 Å². The normalized spacial score (nSPS) is 16.1. The van der Waals surface area contributed by atoms with Crippen LogP contribution in [0.15, 0.2) is 56.8 Å². The number of nitrogens with one attached hydrogen (secondary N) is 1. The van der Waals surface area contributed by atoms with Crippen LogP contribution in [-0.2, 0) is 9.59 Å². The molecule has 0 saturated carbocycles.